The Balaban J connectivity index is 2.24. The molecule has 1 aromatic heterocycles. The van der Waals surface area contributed by atoms with E-state index in [4.69, 9.17) is 15.1 Å². The molecule has 1 N–H and O–H groups in total. The Labute approximate surface area is 98.1 Å². The molecule has 1 aliphatic rings. The molecular weight excluding hydrogens is 222 g/mol. The Bertz CT molecular complexity index is 452. The second kappa shape index (κ2) is 4.80. The van der Waals surface area contributed by atoms with Crippen LogP contribution in [0.15, 0.2) is 18.3 Å². The number of aliphatic carboxylic acids is 1. The van der Waals surface area contributed by atoms with Crippen LogP contribution in [0.3, 0.4) is 0 Å². The van der Waals surface area contributed by atoms with E-state index in [0.717, 1.165) is 0 Å². The minimum atomic E-state index is -0.922. The highest BCUT2D eigenvalue weighted by molar-refractivity contribution is 5.78. The maximum atomic E-state index is 11.1. The van der Waals surface area contributed by atoms with Crippen LogP contribution in [0.5, 0.6) is 0 Å². The normalized spacial score (nSPS) is 19.7. The first-order valence-electron chi connectivity index (χ1n) is 5.15. The van der Waals surface area contributed by atoms with Gasteiger partial charge in [0, 0.05) is 6.54 Å². The van der Waals surface area contributed by atoms with Gasteiger partial charge in [-0.15, -0.1) is 0 Å². The fourth-order valence-corrected chi connectivity index (χ4v) is 1.74. The predicted molar refractivity (Wildman–Crippen MR) is 58.5 cm³/mol. The SMILES string of the molecule is N#Cc1ccc(N2CCOCC2C(=O)O)cn1. The summed E-state index contributed by atoms with van der Waals surface area (Å²) in [4.78, 5) is 16.7. The Morgan fingerprint density at radius 1 is 1.65 bits per heavy atom. The molecule has 1 saturated heterocycles. The van der Waals surface area contributed by atoms with E-state index in [0.29, 0.717) is 24.5 Å². The zero-order valence-corrected chi connectivity index (χ0v) is 9.04. The molecular formula is C11H11N3O3. The number of nitrogens with zero attached hydrogens (tertiary/aromatic N) is 3. The molecule has 0 bridgehead atoms. The van der Waals surface area contributed by atoms with Crippen molar-refractivity contribution in [3.05, 3.63) is 24.0 Å². The third kappa shape index (κ3) is 2.34. The van der Waals surface area contributed by atoms with Crippen LogP contribution in [-0.2, 0) is 9.53 Å². The van der Waals surface area contributed by atoms with E-state index in [1.165, 1.54) is 6.20 Å². The number of pyridine rings is 1. The van der Waals surface area contributed by atoms with Gasteiger partial charge in [-0.05, 0) is 12.1 Å². The van der Waals surface area contributed by atoms with Crippen LogP contribution in [0.25, 0.3) is 0 Å². The number of carboxylic acids is 1. The van der Waals surface area contributed by atoms with E-state index in [1.807, 2.05) is 6.07 Å². The molecule has 0 aliphatic carbocycles. The second-order valence-electron chi connectivity index (χ2n) is 3.64. The zero-order chi connectivity index (χ0) is 12.3. The summed E-state index contributed by atoms with van der Waals surface area (Å²) in [5.41, 5.74) is 1.01. The van der Waals surface area contributed by atoms with Gasteiger partial charge in [-0.1, -0.05) is 0 Å². The molecule has 0 amide bonds. The first kappa shape index (κ1) is 11.4. The number of ether oxygens (including phenoxy) is 1. The van der Waals surface area contributed by atoms with Crippen LogP contribution < -0.4 is 4.90 Å². The molecule has 6 nitrogen and oxygen atoms in total. The fraction of sp³-hybridized carbons (Fsp3) is 0.364. The minimum Gasteiger partial charge on any atom is -0.480 e. The van der Waals surface area contributed by atoms with Gasteiger partial charge in [0.1, 0.15) is 11.8 Å². The third-order valence-corrected chi connectivity index (χ3v) is 2.61. The molecule has 2 heterocycles. The summed E-state index contributed by atoms with van der Waals surface area (Å²) in [5.74, 6) is -0.922. The van der Waals surface area contributed by atoms with Gasteiger partial charge in [-0.3, -0.25) is 0 Å². The van der Waals surface area contributed by atoms with Gasteiger partial charge in [-0.2, -0.15) is 5.26 Å². The summed E-state index contributed by atoms with van der Waals surface area (Å²) in [7, 11) is 0. The number of morpholine rings is 1. The Kier molecular flexibility index (Phi) is 3.21. The molecule has 88 valence electrons. The monoisotopic (exact) mass is 233 g/mol. The first-order chi connectivity index (χ1) is 8.22. The van der Waals surface area contributed by atoms with Crippen molar-refractivity contribution >= 4 is 11.7 Å². The van der Waals surface area contributed by atoms with Crippen molar-refractivity contribution in [2.24, 2.45) is 0 Å². The van der Waals surface area contributed by atoms with Crippen molar-refractivity contribution in [2.45, 2.75) is 6.04 Å². The molecule has 1 fully saturated rings. The van der Waals surface area contributed by atoms with Gasteiger partial charge in [-0.25, -0.2) is 9.78 Å². The van der Waals surface area contributed by atoms with Crippen LogP contribution >= 0.6 is 0 Å². The number of nitriles is 1. The lowest BCUT2D eigenvalue weighted by molar-refractivity contribution is -0.141. The van der Waals surface area contributed by atoms with Gasteiger partial charge in [0.15, 0.2) is 6.04 Å². The quantitative estimate of drug-likeness (QED) is 0.787. The van der Waals surface area contributed by atoms with E-state index >= 15 is 0 Å². The van der Waals surface area contributed by atoms with Crippen molar-refractivity contribution < 1.29 is 14.6 Å². The van der Waals surface area contributed by atoms with E-state index in [2.05, 4.69) is 4.98 Å². The molecule has 1 unspecified atom stereocenters. The third-order valence-electron chi connectivity index (χ3n) is 2.61. The lowest BCUT2D eigenvalue weighted by Crippen LogP contribution is -2.50. The Morgan fingerprint density at radius 3 is 3.06 bits per heavy atom. The summed E-state index contributed by atoms with van der Waals surface area (Å²) in [5, 5.41) is 17.7. The number of anilines is 1. The summed E-state index contributed by atoms with van der Waals surface area (Å²) in [6.07, 6.45) is 1.51. The number of rotatable bonds is 2. The number of hydrogen-bond acceptors (Lipinski definition) is 5. The van der Waals surface area contributed by atoms with Crippen LogP contribution in [0.1, 0.15) is 5.69 Å². The zero-order valence-electron chi connectivity index (χ0n) is 9.04. The van der Waals surface area contributed by atoms with Crippen molar-refractivity contribution in [3.8, 4) is 6.07 Å². The smallest absolute Gasteiger partial charge is 0.328 e. The highest BCUT2D eigenvalue weighted by atomic mass is 16.5. The number of carboxylic acid groups (broad SMARTS) is 1. The van der Waals surface area contributed by atoms with Crippen molar-refractivity contribution in [3.63, 3.8) is 0 Å². The maximum Gasteiger partial charge on any atom is 0.328 e. The lowest BCUT2D eigenvalue weighted by atomic mass is 10.2. The molecule has 1 atom stereocenters. The number of hydrogen-bond donors (Lipinski definition) is 1. The van der Waals surface area contributed by atoms with E-state index in [9.17, 15) is 4.79 Å². The van der Waals surface area contributed by atoms with Crippen LogP contribution in [0.4, 0.5) is 5.69 Å². The lowest BCUT2D eigenvalue weighted by Gasteiger charge is -2.34. The molecule has 1 aromatic rings. The fourth-order valence-electron chi connectivity index (χ4n) is 1.74. The molecule has 17 heavy (non-hydrogen) atoms. The summed E-state index contributed by atoms with van der Waals surface area (Å²) in [6, 6.07) is 4.50. The van der Waals surface area contributed by atoms with E-state index in [1.54, 1.807) is 17.0 Å². The molecule has 6 heteroatoms. The Hall–Kier alpha value is -2.13. The van der Waals surface area contributed by atoms with Crippen LogP contribution in [-0.4, -0.2) is 41.9 Å². The maximum absolute atomic E-state index is 11.1. The van der Waals surface area contributed by atoms with E-state index < -0.39 is 12.0 Å². The van der Waals surface area contributed by atoms with Gasteiger partial charge < -0.3 is 14.7 Å². The highest BCUT2D eigenvalue weighted by Gasteiger charge is 2.29. The summed E-state index contributed by atoms with van der Waals surface area (Å²) >= 11 is 0. The van der Waals surface area contributed by atoms with Crippen LogP contribution in [0.2, 0.25) is 0 Å². The molecule has 1 aliphatic heterocycles. The predicted octanol–water partition coefficient (Wildman–Crippen LogP) is 0.243. The topological polar surface area (TPSA) is 86.5 Å². The molecule has 0 saturated carbocycles. The van der Waals surface area contributed by atoms with Gasteiger partial charge in [0.05, 0.1) is 25.1 Å². The Morgan fingerprint density at radius 2 is 2.47 bits per heavy atom. The standard InChI is InChI=1S/C11H11N3O3/c12-5-8-1-2-9(6-13-8)14-3-4-17-7-10(14)11(15)16/h1-2,6,10H,3-4,7H2,(H,15,16). The highest BCUT2D eigenvalue weighted by Crippen LogP contribution is 2.19. The van der Waals surface area contributed by atoms with Crippen molar-refractivity contribution in [1.29, 1.82) is 5.26 Å². The van der Waals surface area contributed by atoms with Crippen LogP contribution in [0, 0.1) is 11.3 Å². The summed E-state index contributed by atoms with van der Waals surface area (Å²) < 4.78 is 5.14. The molecule has 0 aromatic carbocycles. The summed E-state index contributed by atoms with van der Waals surface area (Å²) in [6.45, 7) is 1.16. The molecule has 0 spiro atoms. The van der Waals surface area contributed by atoms with Gasteiger partial charge in [0.2, 0.25) is 0 Å². The first-order valence-corrected chi connectivity index (χ1v) is 5.15. The molecule has 0 radical (unpaired) electrons. The van der Waals surface area contributed by atoms with Crippen molar-refractivity contribution in [1.82, 2.24) is 4.98 Å². The van der Waals surface area contributed by atoms with Gasteiger partial charge in [0.25, 0.3) is 0 Å². The molecule has 2 rings (SSSR count). The number of carbonyl (C=O) groups is 1. The second-order valence-corrected chi connectivity index (χ2v) is 3.64. The largest absolute Gasteiger partial charge is 0.480 e. The average molecular weight is 233 g/mol. The average Bonchev–Trinajstić information content (AvgIpc) is 2.39. The van der Waals surface area contributed by atoms with Gasteiger partial charge >= 0.3 is 5.97 Å². The van der Waals surface area contributed by atoms with Crippen molar-refractivity contribution in [2.75, 3.05) is 24.7 Å². The minimum absolute atomic E-state index is 0.162. The number of aromatic nitrogens is 1. The van der Waals surface area contributed by atoms with E-state index in [-0.39, 0.29) is 6.61 Å².